The van der Waals surface area contributed by atoms with Crippen molar-refractivity contribution < 1.29 is 14.0 Å². The molecule has 7 heteroatoms. The summed E-state index contributed by atoms with van der Waals surface area (Å²) in [7, 11) is 0. The fourth-order valence-corrected chi connectivity index (χ4v) is 2.95. The van der Waals surface area contributed by atoms with Gasteiger partial charge in [0.2, 0.25) is 11.8 Å². The minimum absolute atomic E-state index is 0.0878. The highest BCUT2D eigenvalue weighted by Gasteiger charge is 2.39. The molecule has 0 bridgehead atoms. The Balaban J connectivity index is 1.74. The number of aromatic nitrogens is 1. The lowest BCUT2D eigenvalue weighted by atomic mass is 10.1. The number of rotatable bonds is 4. The second-order valence-electron chi connectivity index (χ2n) is 5.85. The molecule has 2 atom stereocenters. The van der Waals surface area contributed by atoms with E-state index in [0.717, 1.165) is 0 Å². The van der Waals surface area contributed by atoms with Crippen LogP contribution in [0.25, 0.3) is 0 Å². The smallest absolute Gasteiger partial charge is 0.251 e. The van der Waals surface area contributed by atoms with E-state index in [9.17, 15) is 9.59 Å². The molecule has 3 rings (SSSR count). The summed E-state index contributed by atoms with van der Waals surface area (Å²) in [6.45, 7) is 2.10. The summed E-state index contributed by atoms with van der Waals surface area (Å²) in [5.74, 6) is 0.810. The SMILES string of the molecule is Cc1cnc(C2CC(NC(=O)c3ccccc3)CN2C(=O)CN)o1. The molecule has 0 spiro atoms. The molecule has 3 N–H and O–H groups in total. The lowest BCUT2D eigenvalue weighted by molar-refractivity contribution is -0.131. The third-order valence-electron chi connectivity index (χ3n) is 4.09. The molecule has 2 unspecified atom stereocenters. The number of nitrogens with two attached hydrogens (primary N) is 1. The van der Waals surface area contributed by atoms with Crippen LogP contribution in [0.2, 0.25) is 0 Å². The van der Waals surface area contributed by atoms with Gasteiger partial charge >= 0.3 is 0 Å². The van der Waals surface area contributed by atoms with Crippen molar-refractivity contribution in [1.82, 2.24) is 15.2 Å². The number of amides is 2. The molecule has 0 saturated carbocycles. The van der Waals surface area contributed by atoms with E-state index >= 15 is 0 Å². The highest BCUT2D eigenvalue weighted by atomic mass is 16.4. The molecule has 1 aliphatic rings. The van der Waals surface area contributed by atoms with Crippen LogP contribution in [0, 0.1) is 6.92 Å². The predicted octanol–water partition coefficient (Wildman–Crippen LogP) is 1.01. The Kier molecular flexibility index (Phi) is 4.61. The van der Waals surface area contributed by atoms with Crippen molar-refractivity contribution >= 4 is 11.8 Å². The summed E-state index contributed by atoms with van der Waals surface area (Å²) in [4.78, 5) is 30.3. The van der Waals surface area contributed by atoms with E-state index in [1.165, 1.54) is 0 Å². The van der Waals surface area contributed by atoms with E-state index in [0.29, 0.717) is 30.2 Å². The highest BCUT2D eigenvalue weighted by Crippen LogP contribution is 2.31. The molecule has 7 nitrogen and oxygen atoms in total. The summed E-state index contributed by atoms with van der Waals surface area (Å²) in [5, 5.41) is 2.97. The molecule has 2 aromatic rings. The fourth-order valence-electron chi connectivity index (χ4n) is 2.95. The van der Waals surface area contributed by atoms with Gasteiger partial charge in [0.25, 0.3) is 5.91 Å². The van der Waals surface area contributed by atoms with Gasteiger partial charge in [0.05, 0.1) is 12.7 Å². The zero-order chi connectivity index (χ0) is 17.1. The number of benzene rings is 1. The third kappa shape index (κ3) is 3.30. The number of nitrogens with zero attached hydrogens (tertiary/aromatic N) is 2. The topological polar surface area (TPSA) is 101 Å². The summed E-state index contributed by atoms with van der Waals surface area (Å²) >= 11 is 0. The van der Waals surface area contributed by atoms with Crippen molar-refractivity contribution in [3.8, 4) is 0 Å². The van der Waals surface area contributed by atoms with Crippen LogP contribution >= 0.6 is 0 Å². The normalized spacial score (nSPS) is 20.2. The van der Waals surface area contributed by atoms with Crippen LogP contribution in [0.1, 0.15) is 34.5 Å². The van der Waals surface area contributed by atoms with Crippen LogP contribution in [0.3, 0.4) is 0 Å². The largest absolute Gasteiger partial charge is 0.444 e. The van der Waals surface area contributed by atoms with E-state index in [-0.39, 0.29) is 30.4 Å². The molecule has 1 aromatic carbocycles. The lowest BCUT2D eigenvalue weighted by Gasteiger charge is -2.21. The van der Waals surface area contributed by atoms with E-state index in [1.807, 2.05) is 18.2 Å². The van der Waals surface area contributed by atoms with Crippen LogP contribution in [0.5, 0.6) is 0 Å². The van der Waals surface area contributed by atoms with Gasteiger partial charge in [-0.05, 0) is 25.5 Å². The van der Waals surface area contributed by atoms with Crippen molar-refractivity contribution in [3.63, 3.8) is 0 Å². The van der Waals surface area contributed by atoms with Crippen molar-refractivity contribution in [2.45, 2.75) is 25.4 Å². The van der Waals surface area contributed by atoms with Crippen molar-refractivity contribution in [1.29, 1.82) is 0 Å². The van der Waals surface area contributed by atoms with Gasteiger partial charge in [0, 0.05) is 18.2 Å². The second kappa shape index (κ2) is 6.84. The molecule has 0 radical (unpaired) electrons. The maximum atomic E-state index is 12.3. The Morgan fingerprint density at radius 1 is 1.38 bits per heavy atom. The van der Waals surface area contributed by atoms with Crippen LogP contribution in [0.15, 0.2) is 40.9 Å². The van der Waals surface area contributed by atoms with Crippen LogP contribution in [-0.2, 0) is 4.79 Å². The molecule has 24 heavy (non-hydrogen) atoms. The Hall–Kier alpha value is -2.67. The number of carbonyl (C=O) groups excluding carboxylic acids is 2. The lowest BCUT2D eigenvalue weighted by Crippen LogP contribution is -2.40. The van der Waals surface area contributed by atoms with E-state index < -0.39 is 0 Å². The average molecular weight is 328 g/mol. The molecule has 0 aliphatic carbocycles. The van der Waals surface area contributed by atoms with Crippen molar-refractivity contribution in [2.24, 2.45) is 5.73 Å². The Bertz CT molecular complexity index is 728. The first-order chi connectivity index (χ1) is 11.6. The summed E-state index contributed by atoms with van der Waals surface area (Å²) in [6, 6.07) is 8.50. The molecular weight excluding hydrogens is 308 g/mol. The standard InChI is InChI=1S/C17H20N4O3/c1-11-9-19-17(24-11)14-7-13(10-21(14)15(22)8-18)20-16(23)12-5-3-2-4-6-12/h2-6,9,13-14H,7-8,10,18H2,1H3,(H,20,23). The van der Waals surface area contributed by atoms with Gasteiger partial charge in [-0.25, -0.2) is 4.98 Å². The summed E-state index contributed by atoms with van der Waals surface area (Å²) in [6.07, 6.45) is 2.17. The Labute approximate surface area is 139 Å². The van der Waals surface area contributed by atoms with Crippen LogP contribution in [0.4, 0.5) is 0 Å². The second-order valence-corrected chi connectivity index (χ2v) is 5.85. The minimum atomic E-state index is -0.309. The number of hydrogen-bond donors (Lipinski definition) is 2. The summed E-state index contributed by atoms with van der Waals surface area (Å²) < 4.78 is 5.57. The highest BCUT2D eigenvalue weighted by molar-refractivity contribution is 5.94. The zero-order valence-electron chi connectivity index (χ0n) is 13.4. The number of oxazole rings is 1. The molecule has 1 aromatic heterocycles. The van der Waals surface area contributed by atoms with E-state index in [1.54, 1.807) is 30.2 Å². The van der Waals surface area contributed by atoms with Crippen LogP contribution < -0.4 is 11.1 Å². The van der Waals surface area contributed by atoms with Gasteiger partial charge in [0.15, 0.2) is 0 Å². The molecule has 2 amide bonds. The maximum absolute atomic E-state index is 12.3. The van der Waals surface area contributed by atoms with Gasteiger partial charge in [-0.3, -0.25) is 9.59 Å². The summed E-state index contributed by atoms with van der Waals surface area (Å²) in [5.41, 5.74) is 6.09. The van der Waals surface area contributed by atoms with E-state index in [2.05, 4.69) is 10.3 Å². The number of hydrogen-bond acceptors (Lipinski definition) is 5. The van der Waals surface area contributed by atoms with Gasteiger partial charge in [0.1, 0.15) is 11.8 Å². The van der Waals surface area contributed by atoms with Crippen molar-refractivity contribution in [3.05, 3.63) is 53.7 Å². The maximum Gasteiger partial charge on any atom is 0.251 e. The molecule has 1 fully saturated rings. The predicted molar refractivity (Wildman–Crippen MR) is 87.1 cm³/mol. The number of aryl methyl sites for hydroxylation is 1. The first-order valence-electron chi connectivity index (χ1n) is 7.86. The number of nitrogens with one attached hydrogen (secondary N) is 1. The monoisotopic (exact) mass is 328 g/mol. The minimum Gasteiger partial charge on any atom is -0.444 e. The molecule has 126 valence electrons. The Morgan fingerprint density at radius 2 is 2.12 bits per heavy atom. The Morgan fingerprint density at radius 3 is 2.75 bits per heavy atom. The third-order valence-corrected chi connectivity index (χ3v) is 4.09. The first-order valence-corrected chi connectivity index (χ1v) is 7.86. The molecule has 1 saturated heterocycles. The zero-order valence-corrected chi connectivity index (χ0v) is 13.4. The number of likely N-dealkylation sites (tertiary alicyclic amines) is 1. The van der Waals surface area contributed by atoms with E-state index in [4.69, 9.17) is 10.2 Å². The fraction of sp³-hybridized carbons (Fsp3) is 0.353. The van der Waals surface area contributed by atoms with Crippen LogP contribution in [-0.4, -0.2) is 40.8 Å². The van der Waals surface area contributed by atoms with Gasteiger partial charge < -0.3 is 20.4 Å². The van der Waals surface area contributed by atoms with Gasteiger partial charge in [-0.15, -0.1) is 0 Å². The quantitative estimate of drug-likeness (QED) is 0.872. The van der Waals surface area contributed by atoms with Gasteiger partial charge in [-0.2, -0.15) is 0 Å². The molecule has 2 heterocycles. The van der Waals surface area contributed by atoms with Crippen molar-refractivity contribution in [2.75, 3.05) is 13.1 Å². The number of carbonyl (C=O) groups is 2. The first kappa shape index (κ1) is 16.2. The average Bonchev–Trinajstić information content (AvgIpc) is 3.21. The van der Waals surface area contributed by atoms with Gasteiger partial charge in [-0.1, -0.05) is 18.2 Å². The molecular formula is C17H20N4O3. The molecule has 1 aliphatic heterocycles.